The molecule has 2 aromatic heterocycles. The number of halogens is 1. The van der Waals surface area contributed by atoms with E-state index in [1.807, 2.05) is 72.2 Å². The van der Waals surface area contributed by atoms with E-state index >= 15 is 0 Å². The van der Waals surface area contributed by atoms with Crippen LogP contribution in [0.4, 0.5) is 0 Å². The van der Waals surface area contributed by atoms with Crippen LogP contribution in [-0.2, 0) is 13.0 Å². The van der Waals surface area contributed by atoms with Gasteiger partial charge in [0.15, 0.2) is 11.2 Å². The first-order chi connectivity index (χ1) is 16.5. The molecule has 0 aliphatic heterocycles. The minimum Gasteiger partial charge on any atom is -0.317 e. The Hall–Kier alpha value is -3.90. The summed E-state index contributed by atoms with van der Waals surface area (Å²) in [7, 11) is 0. The van der Waals surface area contributed by atoms with E-state index in [1.165, 1.54) is 9.13 Å². The number of hydrogen-bond acceptors (Lipinski definition) is 3. The molecule has 0 spiro atoms. The summed E-state index contributed by atoms with van der Waals surface area (Å²) < 4.78 is 4.64. The van der Waals surface area contributed by atoms with Crippen molar-refractivity contribution in [1.29, 1.82) is 0 Å². The fraction of sp³-hybridized carbons (Fsp3) is 0.148. The van der Waals surface area contributed by atoms with Crippen LogP contribution in [0.5, 0.6) is 0 Å². The Kier molecular flexibility index (Phi) is 5.90. The number of aromatic nitrogens is 4. The van der Waals surface area contributed by atoms with Crippen molar-refractivity contribution in [3.05, 3.63) is 128 Å². The van der Waals surface area contributed by atoms with E-state index in [2.05, 4.69) is 4.98 Å². The molecule has 5 rings (SSSR count). The number of rotatable bonds is 6. The smallest absolute Gasteiger partial charge is 0.317 e. The lowest BCUT2D eigenvalue weighted by atomic mass is 10.1. The van der Waals surface area contributed by atoms with Crippen molar-refractivity contribution in [1.82, 2.24) is 18.7 Å². The van der Waals surface area contributed by atoms with Crippen molar-refractivity contribution in [2.45, 2.75) is 25.9 Å². The summed E-state index contributed by atoms with van der Waals surface area (Å²) in [5, 5.41) is 0.564. The highest BCUT2D eigenvalue weighted by molar-refractivity contribution is 6.30. The molecule has 6 nitrogen and oxygen atoms in total. The molecule has 34 heavy (non-hydrogen) atoms. The van der Waals surface area contributed by atoms with Crippen LogP contribution in [-0.4, -0.2) is 18.7 Å². The molecule has 0 bridgehead atoms. The maximum absolute atomic E-state index is 13.7. The first kappa shape index (κ1) is 21.9. The summed E-state index contributed by atoms with van der Waals surface area (Å²) in [6, 6.07) is 26.5. The largest absolute Gasteiger partial charge is 0.337 e. The van der Waals surface area contributed by atoms with Gasteiger partial charge in [-0.15, -0.1) is 0 Å². The molecular weight excluding hydrogens is 448 g/mol. The Morgan fingerprint density at radius 1 is 0.882 bits per heavy atom. The fourth-order valence-corrected chi connectivity index (χ4v) is 4.36. The molecule has 1 atom stereocenters. The van der Waals surface area contributed by atoms with E-state index in [-0.39, 0.29) is 18.1 Å². The molecule has 0 amide bonds. The van der Waals surface area contributed by atoms with Crippen LogP contribution in [0.15, 0.2) is 101 Å². The summed E-state index contributed by atoms with van der Waals surface area (Å²) in [5.41, 5.74) is 2.65. The van der Waals surface area contributed by atoms with Crippen LogP contribution in [0, 0.1) is 0 Å². The molecular formula is C27H23ClN4O2. The molecule has 0 radical (unpaired) electrons. The topological polar surface area (TPSA) is 61.8 Å². The van der Waals surface area contributed by atoms with E-state index in [4.69, 9.17) is 11.6 Å². The molecule has 0 aliphatic carbocycles. The van der Waals surface area contributed by atoms with Crippen molar-refractivity contribution in [2.24, 2.45) is 0 Å². The fourth-order valence-electron chi connectivity index (χ4n) is 4.24. The summed E-state index contributed by atoms with van der Waals surface area (Å²) >= 11 is 6.08. The molecule has 0 saturated carbocycles. The highest BCUT2D eigenvalue weighted by atomic mass is 35.5. The second kappa shape index (κ2) is 9.15. The SMILES string of the molecule is CC(c1ccccc1)n1cnc2c1c(=O)n(CCc1ccccc1)c(=O)n2-c1ccc(Cl)cc1. The van der Waals surface area contributed by atoms with Gasteiger partial charge in [-0.1, -0.05) is 72.3 Å². The Bertz CT molecular complexity index is 1550. The van der Waals surface area contributed by atoms with Crippen LogP contribution >= 0.6 is 11.6 Å². The van der Waals surface area contributed by atoms with Gasteiger partial charge >= 0.3 is 5.69 Å². The lowest BCUT2D eigenvalue weighted by Gasteiger charge is -2.16. The van der Waals surface area contributed by atoms with Gasteiger partial charge in [-0.25, -0.2) is 14.3 Å². The van der Waals surface area contributed by atoms with Gasteiger partial charge in [-0.2, -0.15) is 0 Å². The van der Waals surface area contributed by atoms with Crippen molar-refractivity contribution in [2.75, 3.05) is 0 Å². The molecule has 170 valence electrons. The number of fused-ring (bicyclic) bond motifs is 1. The molecule has 0 fully saturated rings. The molecule has 0 N–H and O–H groups in total. The van der Waals surface area contributed by atoms with Crippen LogP contribution in [0.1, 0.15) is 24.1 Å². The second-order valence-electron chi connectivity index (χ2n) is 8.20. The zero-order chi connectivity index (χ0) is 23.7. The van der Waals surface area contributed by atoms with Gasteiger partial charge in [-0.3, -0.25) is 9.36 Å². The van der Waals surface area contributed by atoms with Gasteiger partial charge in [0.1, 0.15) is 0 Å². The van der Waals surface area contributed by atoms with Gasteiger partial charge in [0.25, 0.3) is 5.56 Å². The third kappa shape index (κ3) is 3.97. The Labute approximate surface area is 201 Å². The number of benzene rings is 3. The minimum atomic E-state index is -0.423. The lowest BCUT2D eigenvalue weighted by Crippen LogP contribution is -2.40. The summed E-state index contributed by atoms with van der Waals surface area (Å²) in [6.45, 7) is 2.28. The Balaban J connectivity index is 1.73. The van der Waals surface area contributed by atoms with Crippen molar-refractivity contribution >= 4 is 22.8 Å². The van der Waals surface area contributed by atoms with Crippen LogP contribution in [0.2, 0.25) is 5.02 Å². The first-order valence-corrected chi connectivity index (χ1v) is 11.5. The maximum atomic E-state index is 13.7. The van der Waals surface area contributed by atoms with Crippen molar-refractivity contribution < 1.29 is 0 Å². The number of nitrogens with zero attached hydrogens (tertiary/aromatic N) is 4. The normalized spacial score (nSPS) is 12.2. The highest BCUT2D eigenvalue weighted by Gasteiger charge is 2.21. The monoisotopic (exact) mass is 470 g/mol. The predicted octanol–water partition coefficient (Wildman–Crippen LogP) is 4.85. The maximum Gasteiger partial charge on any atom is 0.337 e. The Morgan fingerprint density at radius 3 is 2.21 bits per heavy atom. The van der Waals surface area contributed by atoms with Crippen molar-refractivity contribution in [3.63, 3.8) is 0 Å². The predicted molar refractivity (Wildman–Crippen MR) is 135 cm³/mol. The molecule has 7 heteroatoms. The van der Waals surface area contributed by atoms with Crippen LogP contribution < -0.4 is 11.2 Å². The second-order valence-corrected chi connectivity index (χ2v) is 8.63. The number of imidazole rings is 1. The third-order valence-electron chi connectivity index (χ3n) is 6.11. The molecule has 1 unspecified atom stereocenters. The summed E-state index contributed by atoms with van der Waals surface area (Å²) in [5.74, 6) is 0. The highest BCUT2D eigenvalue weighted by Crippen LogP contribution is 2.22. The minimum absolute atomic E-state index is 0.141. The third-order valence-corrected chi connectivity index (χ3v) is 6.36. The Morgan fingerprint density at radius 2 is 1.53 bits per heavy atom. The average molecular weight is 471 g/mol. The number of hydrogen-bond donors (Lipinski definition) is 0. The molecule has 0 saturated heterocycles. The van der Waals surface area contributed by atoms with E-state index in [9.17, 15) is 9.59 Å². The zero-order valence-electron chi connectivity index (χ0n) is 18.6. The van der Waals surface area contributed by atoms with E-state index in [1.54, 1.807) is 30.6 Å². The summed E-state index contributed by atoms with van der Waals surface area (Å²) in [4.78, 5) is 31.8. The van der Waals surface area contributed by atoms with Gasteiger partial charge in [-0.05, 0) is 48.7 Å². The first-order valence-electron chi connectivity index (χ1n) is 11.1. The standard InChI is InChI=1S/C27H23ClN4O2/c1-19(21-10-6-3-7-11-21)31-18-29-25-24(31)26(33)30(17-16-20-8-4-2-5-9-20)27(34)32(25)23-14-12-22(28)13-15-23/h2-15,18-19H,16-17H2,1H3. The molecule has 5 aromatic rings. The lowest BCUT2D eigenvalue weighted by molar-refractivity contribution is 0.606. The van der Waals surface area contributed by atoms with E-state index < -0.39 is 5.69 Å². The zero-order valence-corrected chi connectivity index (χ0v) is 19.4. The van der Waals surface area contributed by atoms with E-state index in [0.717, 1.165) is 11.1 Å². The molecule has 2 heterocycles. The van der Waals surface area contributed by atoms with Crippen molar-refractivity contribution in [3.8, 4) is 5.69 Å². The van der Waals surface area contributed by atoms with Crippen LogP contribution in [0.25, 0.3) is 16.9 Å². The summed E-state index contributed by atoms with van der Waals surface area (Å²) in [6.07, 6.45) is 2.20. The van der Waals surface area contributed by atoms with Gasteiger partial charge in [0.2, 0.25) is 0 Å². The van der Waals surface area contributed by atoms with Crippen LogP contribution in [0.3, 0.4) is 0 Å². The quantitative estimate of drug-likeness (QED) is 0.356. The van der Waals surface area contributed by atoms with E-state index in [0.29, 0.717) is 28.3 Å². The van der Waals surface area contributed by atoms with Gasteiger partial charge in [0, 0.05) is 11.6 Å². The average Bonchev–Trinajstić information content (AvgIpc) is 3.31. The molecule has 0 aliphatic rings. The van der Waals surface area contributed by atoms with Gasteiger partial charge < -0.3 is 4.57 Å². The molecule has 3 aromatic carbocycles. The van der Waals surface area contributed by atoms with Gasteiger partial charge in [0.05, 0.1) is 18.1 Å². The number of aryl methyl sites for hydroxylation is 1.